The topological polar surface area (TPSA) is 121 Å². The fraction of sp³-hybridized carbons (Fsp3) is 0.0909. The first kappa shape index (κ1) is 14.9. The van der Waals surface area contributed by atoms with Crippen molar-refractivity contribution in [3.8, 4) is 11.3 Å². The van der Waals surface area contributed by atoms with Crippen LogP contribution in [0.2, 0.25) is 0 Å². The van der Waals surface area contributed by atoms with Crippen LogP contribution >= 0.6 is 0 Å². The maximum Gasteiger partial charge on any atom is 0.342 e. The van der Waals surface area contributed by atoms with Crippen LogP contribution in [-0.4, -0.2) is 30.0 Å². The van der Waals surface area contributed by atoms with Crippen LogP contribution in [0.4, 0.5) is 8.78 Å². The molecule has 1 aromatic carbocycles. The van der Waals surface area contributed by atoms with E-state index in [1.165, 1.54) is 12.1 Å². The summed E-state index contributed by atoms with van der Waals surface area (Å²) in [6.45, 7) is 0. The van der Waals surface area contributed by atoms with Gasteiger partial charge < -0.3 is 11.6 Å². The molecule has 0 bridgehead atoms. The third-order valence-corrected chi connectivity index (χ3v) is 4.06. The molecule has 1 aromatic heterocycles. The summed E-state index contributed by atoms with van der Waals surface area (Å²) in [6, 6.07) is 7.87. The van der Waals surface area contributed by atoms with Crippen LogP contribution in [-0.2, 0) is 9.84 Å². The number of primary amides is 1. The zero-order chi connectivity index (χ0) is 15.8. The van der Waals surface area contributed by atoms with Crippen molar-refractivity contribution in [2.75, 3.05) is 5.84 Å². The summed E-state index contributed by atoms with van der Waals surface area (Å²) in [4.78, 5) is 11.7. The van der Waals surface area contributed by atoms with E-state index >= 15 is 0 Å². The Balaban J connectivity index is 2.81. The number of sulfone groups is 1. The van der Waals surface area contributed by atoms with Crippen LogP contribution < -0.4 is 11.6 Å². The first-order valence-electron chi connectivity index (χ1n) is 5.52. The van der Waals surface area contributed by atoms with Crippen molar-refractivity contribution >= 4 is 15.7 Å². The van der Waals surface area contributed by atoms with Gasteiger partial charge in [0.15, 0.2) is 5.03 Å². The highest BCUT2D eigenvalue weighted by molar-refractivity contribution is 7.91. The highest BCUT2D eigenvalue weighted by atomic mass is 32.2. The van der Waals surface area contributed by atoms with Crippen LogP contribution in [0.3, 0.4) is 0 Å². The number of nitrogens with two attached hydrogens (primary N) is 2. The van der Waals surface area contributed by atoms with Gasteiger partial charge in [-0.2, -0.15) is 18.7 Å². The molecule has 0 spiro atoms. The molecule has 112 valence electrons. The second-order valence-corrected chi connectivity index (χ2v) is 5.84. The van der Waals surface area contributed by atoms with E-state index in [4.69, 9.17) is 11.6 Å². The van der Waals surface area contributed by atoms with E-state index in [1.54, 1.807) is 18.2 Å². The van der Waals surface area contributed by atoms with Gasteiger partial charge in [-0.25, -0.2) is 8.42 Å². The molecule has 2 rings (SSSR count). The minimum absolute atomic E-state index is 0.176. The Morgan fingerprint density at radius 2 is 1.81 bits per heavy atom. The Morgan fingerprint density at radius 3 is 2.29 bits per heavy atom. The van der Waals surface area contributed by atoms with Crippen molar-refractivity contribution < 1.29 is 22.0 Å². The van der Waals surface area contributed by atoms with Crippen LogP contribution in [0.5, 0.6) is 0 Å². The van der Waals surface area contributed by atoms with E-state index in [9.17, 15) is 22.0 Å². The lowest BCUT2D eigenvalue weighted by Gasteiger charge is -2.04. The molecule has 0 saturated carbocycles. The first-order chi connectivity index (χ1) is 9.76. The molecule has 0 aliphatic rings. The Labute approximate surface area is 118 Å². The second-order valence-electron chi connectivity index (χ2n) is 4.01. The number of nitrogen functional groups attached to an aromatic ring is 1. The fourth-order valence-electron chi connectivity index (χ4n) is 1.80. The van der Waals surface area contributed by atoms with Crippen LogP contribution in [0.25, 0.3) is 11.3 Å². The number of halogens is 2. The van der Waals surface area contributed by atoms with Gasteiger partial charge in [-0.15, -0.1) is 0 Å². The predicted molar refractivity (Wildman–Crippen MR) is 69.5 cm³/mol. The summed E-state index contributed by atoms with van der Waals surface area (Å²) in [5.74, 6) is 0.357. The molecule has 0 fully saturated rings. The van der Waals surface area contributed by atoms with E-state index in [0.29, 0.717) is 5.56 Å². The third kappa shape index (κ3) is 2.44. The lowest BCUT2D eigenvalue weighted by Crippen LogP contribution is -2.25. The molecule has 0 aliphatic carbocycles. The van der Waals surface area contributed by atoms with Gasteiger partial charge in [0.1, 0.15) is 11.3 Å². The molecule has 21 heavy (non-hydrogen) atoms. The predicted octanol–water partition coefficient (Wildman–Crippen LogP) is 0.359. The molecule has 0 aliphatic heterocycles. The first-order valence-corrected chi connectivity index (χ1v) is 7.06. The van der Waals surface area contributed by atoms with Gasteiger partial charge in [0.2, 0.25) is 0 Å². The molecule has 0 saturated heterocycles. The number of nitrogens with zero attached hydrogens (tertiary/aromatic N) is 2. The van der Waals surface area contributed by atoms with Gasteiger partial charge in [-0.1, -0.05) is 30.3 Å². The summed E-state index contributed by atoms with van der Waals surface area (Å²) in [5, 5.41) is 2.52. The summed E-state index contributed by atoms with van der Waals surface area (Å²) in [5.41, 5.74) is 4.59. The summed E-state index contributed by atoms with van der Waals surface area (Å²) in [6.07, 6.45) is 0. The molecule has 0 radical (unpaired) electrons. The van der Waals surface area contributed by atoms with E-state index < -0.39 is 32.1 Å². The summed E-state index contributed by atoms with van der Waals surface area (Å²) in [7, 11) is -5.13. The SMILES string of the molecule is NC(=O)c1c(-c2ccccc2)nn(N)c1S(=O)(=O)C(F)F. The molecule has 1 heterocycles. The zero-order valence-electron chi connectivity index (χ0n) is 10.4. The maximum atomic E-state index is 12.7. The van der Waals surface area contributed by atoms with E-state index in [2.05, 4.69) is 5.10 Å². The molecule has 0 unspecified atom stereocenters. The van der Waals surface area contributed by atoms with Gasteiger partial charge in [0, 0.05) is 5.56 Å². The van der Waals surface area contributed by atoms with Gasteiger partial charge in [-0.3, -0.25) is 4.79 Å². The lowest BCUT2D eigenvalue weighted by atomic mass is 10.1. The van der Waals surface area contributed by atoms with Crippen molar-refractivity contribution in [1.29, 1.82) is 0 Å². The van der Waals surface area contributed by atoms with E-state index in [-0.39, 0.29) is 10.5 Å². The number of rotatable bonds is 4. The summed E-state index contributed by atoms with van der Waals surface area (Å²) >= 11 is 0. The second kappa shape index (κ2) is 5.13. The van der Waals surface area contributed by atoms with Crippen molar-refractivity contribution in [2.24, 2.45) is 5.73 Å². The lowest BCUT2D eigenvalue weighted by molar-refractivity contribution is 0.0997. The number of carbonyl (C=O) groups is 1. The molecule has 10 heteroatoms. The number of alkyl halides is 2. The molecule has 4 N–H and O–H groups in total. The molecular formula is C11H10F2N4O3S. The van der Waals surface area contributed by atoms with E-state index in [1.807, 2.05) is 0 Å². The van der Waals surface area contributed by atoms with Crippen molar-refractivity contribution in [3.63, 3.8) is 0 Å². The molecule has 2 aromatic rings. The summed E-state index contributed by atoms with van der Waals surface area (Å²) < 4.78 is 48.6. The fourth-order valence-corrected chi connectivity index (χ4v) is 2.75. The average Bonchev–Trinajstić information content (AvgIpc) is 2.78. The normalized spacial score (nSPS) is 11.8. The zero-order valence-corrected chi connectivity index (χ0v) is 11.2. The average molecular weight is 316 g/mol. The minimum Gasteiger partial charge on any atom is -0.365 e. The number of benzene rings is 1. The van der Waals surface area contributed by atoms with Gasteiger partial charge in [-0.05, 0) is 0 Å². The monoisotopic (exact) mass is 316 g/mol. The number of aromatic nitrogens is 2. The quantitative estimate of drug-likeness (QED) is 0.789. The van der Waals surface area contributed by atoms with Crippen molar-refractivity contribution in [3.05, 3.63) is 35.9 Å². The minimum atomic E-state index is -5.13. The van der Waals surface area contributed by atoms with Crippen LogP contribution in [0.1, 0.15) is 10.4 Å². The van der Waals surface area contributed by atoms with Crippen LogP contribution in [0.15, 0.2) is 35.4 Å². The Kier molecular flexibility index (Phi) is 3.64. The van der Waals surface area contributed by atoms with Gasteiger partial charge >= 0.3 is 5.76 Å². The highest BCUT2D eigenvalue weighted by Gasteiger charge is 2.37. The molecule has 0 atom stereocenters. The molecule has 7 nitrogen and oxygen atoms in total. The number of hydrogen-bond acceptors (Lipinski definition) is 5. The van der Waals surface area contributed by atoms with Crippen molar-refractivity contribution in [2.45, 2.75) is 10.8 Å². The Hall–Kier alpha value is -2.49. The van der Waals surface area contributed by atoms with Crippen LogP contribution in [0, 0.1) is 0 Å². The number of hydrogen-bond donors (Lipinski definition) is 2. The Morgan fingerprint density at radius 1 is 1.24 bits per heavy atom. The number of amides is 1. The largest absolute Gasteiger partial charge is 0.365 e. The van der Waals surface area contributed by atoms with Gasteiger partial charge in [0.05, 0.1) is 0 Å². The standard InChI is InChI=1S/C11H10F2N4O3S/c12-11(13)21(19,20)10-7(9(14)18)8(16-17(10)15)6-4-2-1-3-5-6/h1-5,11H,15H2,(H2,14,18). The molecule has 1 amide bonds. The third-order valence-electron chi connectivity index (χ3n) is 2.66. The van der Waals surface area contributed by atoms with Crippen molar-refractivity contribution in [1.82, 2.24) is 9.89 Å². The number of carbonyl (C=O) groups excluding carboxylic acids is 1. The maximum absolute atomic E-state index is 12.7. The Bertz CT molecular complexity index is 787. The smallest absolute Gasteiger partial charge is 0.342 e. The molecular weight excluding hydrogens is 306 g/mol. The van der Waals surface area contributed by atoms with E-state index in [0.717, 1.165) is 0 Å². The van der Waals surface area contributed by atoms with Gasteiger partial charge in [0.25, 0.3) is 15.7 Å². The highest BCUT2D eigenvalue weighted by Crippen LogP contribution is 2.29.